The number of hydrogen-bond donors (Lipinski definition) is 4. The molecule has 0 amide bonds. The number of rotatable bonds is 14. The number of para-hydroxylation sites is 1. The number of carboxylic acids is 1. The summed E-state index contributed by atoms with van der Waals surface area (Å²) >= 11 is 1.56. The van der Waals surface area contributed by atoms with E-state index in [1.807, 2.05) is 55.1 Å². The largest absolute Gasteiger partial charge is 0.476 e. The fourth-order valence-corrected chi connectivity index (χ4v) is 13.2. The fourth-order valence-electron chi connectivity index (χ4n) is 11.9. The maximum absolute atomic E-state index is 12.9. The number of ether oxygens (including phenoxy) is 1. The lowest BCUT2D eigenvalue weighted by molar-refractivity contribution is -0.247. The average Bonchev–Trinajstić information content (AvgIpc) is 3.73. The third kappa shape index (κ3) is 7.71. The highest BCUT2D eigenvalue weighted by Gasteiger charge is 2.66. The molecule has 5 heterocycles. The van der Waals surface area contributed by atoms with Crippen LogP contribution in [-0.4, -0.2) is 91.6 Å². The van der Waals surface area contributed by atoms with Crippen LogP contribution in [-0.2, 0) is 27.8 Å². The Morgan fingerprint density at radius 1 is 0.966 bits per heavy atom. The molecule has 2 atom stereocenters. The Labute approximate surface area is 347 Å². The van der Waals surface area contributed by atoms with Crippen LogP contribution in [0.1, 0.15) is 86.1 Å². The Hall–Kier alpha value is -4.55. The molecule has 59 heavy (non-hydrogen) atoms. The smallest absolute Gasteiger partial charge is 0.355 e. The molecule has 10 rings (SSSR count). The maximum atomic E-state index is 12.9. The number of fused-ring (bicyclic) bond motifs is 2. The van der Waals surface area contributed by atoms with E-state index in [-0.39, 0.29) is 39.8 Å². The summed E-state index contributed by atoms with van der Waals surface area (Å²) in [6, 6.07) is 11.7. The first kappa shape index (κ1) is 39.9. The topological polar surface area (TPSA) is 198 Å². The van der Waals surface area contributed by atoms with Crippen molar-refractivity contribution < 1.29 is 27.6 Å². The third-order valence-electron chi connectivity index (χ3n) is 13.0. The Morgan fingerprint density at radius 2 is 1.75 bits per heavy atom. The molecule has 4 fully saturated rings. The zero-order valence-corrected chi connectivity index (χ0v) is 35.5. The zero-order chi connectivity index (χ0) is 41.4. The number of thiazole rings is 1. The van der Waals surface area contributed by atoms with E-state index in [4.69, 9.17) is 24.4 Å². The second-order valence-electron chi connectivity index (χ2n) is 18.3. The van der Waals surface area contributed by atoms with Crippen molar-refractivity contribution >= 4 is 60.2 Å². The van der Waals surface area contributed by atoms with Gasteiger partial charge in [0.05, 0.1) is 34.4 Å². The van der Waals surface area contributed by atoms with Crippen molar-refractivity contribution in [3.05, 3.63) is 65.1 Å². The average molecular weight is 842 g/mol. The van der Waals surface area contributed by atoms with Crippen LogP contribution in [0.4, 0.5) is 22.6 Å². The molecule has 0 spiro atoms. The van der Waals surface area contributed by atoms with Crippen molar-refractivity contribution in [2.45, 2.75) is 91.2 Å². The predicted molar refractivity (Wildman–Crippen MR) is 226 cm³/mol. The number of aromatic carboxylic acids is 1. The second-order valence-corrected chi connectivity index (χ2v) is 20.9. The van der Waals surface area contributed by atoms with E-state index in [1.165, 1.54) is 0 Å². The van der Waals surface area contributed by atoms with Crippen molar-refractivity contribution in [3.63, 3.8) is 0 Å². The molecular formula is C42H51N9O6S2. The number of pyridine rings is 1. The van der Waals surface area contributed by atoms with Crippen molar-refractivity contribution in [2.75, 3.05) is 42.2 Å². The van der Waals surface area contributed by atoms with Crippen molar-refractivity contribution in [3.8, 4) is 11.1 Å². The highest BCUT2D eigenvalue weighted by molar-refractivity contribution is 7.85. The lowest BCUT2D eigenvalue weighted by Crippen LogP contribution is -2.64. The van der Waals surface area contributed by atoms with Crippen molar-refractivity contribution in [2.24, 2.45) is 16.2 Å². The van der Waals surface area contributed by atoms with E-state index in [1.54, 1.807) is 17.5 Å². The van der Waals surface area contributed by atoms with Crippen LogP contribution < -0.4 is 15.5 Å². The van der Waals surface area contributed by atoms with Gasteiger partial charge in [-0.2, -0.15) is 13.5 Å². The van der Waals surface area contributed by atoms with Gasteiger partial charge >= 0.3 is 5.97 Å². The number of anilines is 4. The summed E-state index contributed by atoms with van der Waals surface area (Å²) in [4.78, 5) is 24.4. The Balaban J connectivity index is 0.945. The molecular weight excluding hydrogens is 791 g/mol. The normalized spacial score (nSPS) is 26.1. The Kier molecular flexibility index (Phi) is 9.85. The molecule has 312 valence electrons. The molecule has 5 aliphatic rings. The van der Waals surface area contributed by atoms with Crippen LogP contribution in [0.3, 0.4) is 0 Å². The molecule has 17 heteroatoms. The van der Waals surface area contributed by atoms with E-state index in [0.717, 1.165) is 89.1 Å². The molecule has 5 aromatic rings. The molecule has 1 aromatic carbocycles. The number of carbonyl (C=O) groups is 1. The van der Waals surface area contributed by atoms with Crippen LogP contribution in [0.5, 0.6) is 0 Å². The number of carboxylic acid groups (broad SMARTS) is 1. The summed E-state index contributed by atoms with van der Waals surface area (Å²) in [5.41, 5.74) is 4.96. The van der Waals surface area contributed by atoms with Crippen LogP contribution in [0, 0.1) is 30.1 Å². The molecule has 0 radical (unpaired) electrons. The summed E-state index contributed by atoms with van der Waals surface area (Å²) in [7, 11) is -4.01. The predicted octanol–water partition coefficient (Wildman–Crippen LogP) is 7.10. The van der Waals surface area contributed by atoms with Crippen LogP contribution in [0.2, 0.25) is 0 Å². The van der Waals surface area contributed by atoms with Crippen LogP contribution in [0.25, 0.3) is 21.3 Å². The minimum Gasteiger partial charge on any atom is -0.476 e. The number of nitrogens with one attached hydrogen (secondary N) is 2. The van der Waals surface area contributed by atoms with Gasteiger partial charge in [0.1, 0.15) is 5.82 Å². The fraction of sp³-hybridized carbons (Fsp3) is 0.524. The lowest BCUT2D eigenvalue weighted by atomic mass is 9.39. The summed E-state index contributed by atoms with van der Waals surface area (Å²) in [5, 5.41) is 31.9. The van der Waals surface area contributed by atoms with E-state index in [9.17, 15) is 18.3 Å². The van der Waals surface area contributed by atoms with Crippen molar-refractivity contribution in [1.82, 2.24) is 35.3 Å². The lowest BCUT2D eigenvalue weighted by Gasteiger charge is -2.69. The highest BCUT2D eigenvalue weighted by Crippen LogP contribution is 2.72. The molecule has 4 aliphatic carbocycles. The first-order valence-corrected chi connectivity index (χ1v) is 22.8. The van der Waals surface area contributed by atoms with Crippen molar-refractivity contribution in [1.29, 1.82) is 0 Å². The molecule has 0 saturated heterocycles. The summed E-state index contributed by atoms with van der Waals surface area (Å²) in [6.07, 6.45) is 9.60. The second kappa shape index (κ2) is 14.6. The zero-order valence-electron chi connectivity index (χ0n) is 33.9. The molecule has 1 aliphatic heterocycles. The number of nitrogens with zero attached hydrogens (tertiary/aromatic N) is 7. The summed E-state index contributed by atoms with van der Waals surface area (Å²) in [5.74, 6) is 0.390. The highest BCUT2D eigenvalue weighted by atomic mass is 32.2. The molecule has 4 bridgehead atoms. The number of aromatic nitrogens is 6. The van der Waals surface area contributed by atoms with Gasteiger partial charge in [0, 0.05) is 54.1 Å². The molecule has 4 saturated carbocycles. The minimum absolute atomic E-state index is 0.0385. The van der Waals surface area contributed by atoms with E-state index >= 15 is 0 Å². The molecule has 4 aromatic heterocycles. The third-order valence-corrected chi connectivity index (χ3v) is 14.7. The van der Waals surface area contributed by atoms with E-state index in [0.29, 0.717) is 49.3 Å². The molecule has 2 unspecified atom stereocenters. The Bertz CT molecular complexity index is 2520. The van der Waals surface area contributed by atoms with Gasteiger partial charge in [0.2, 0.25) is 0 Å². The Morgan fingerprint density at radius 3 is 2.49 bits per heavy atom. The van der Waals surface area contributed by atoms with Gasteiger partial charge in [0.15, 0.2) is 22.5 Å². The first-order chi connectivity index (χ1) is 28.0. The standard InChI is InChI=1S/C42H51N9O6S2/c1-26-28-8-7-15-50(36(28)49-48-35(26)47-38-45-31-9-5-6-10-32(31)58-38)33-12-11-29(34(46-33)37(52)53)30-18-44-51(27(30)2)25-41-20-39(3)19-40(4,21-41)23-42(22-39,24-41)57-16-13-43-14-17-59(54,55)56/h5-6,9-12,18,43H,7-8,13-17,19-25H2,1-4H3,(H,52,53)(H,45,47,48)(H,54,55,56). The van der Waals surface area contributed by atoms with Gasteiger partial charge in [-0.25, -0.2) is 14.8 Å². The van der Waals surface area contributed by atoms with Gasteiger partial charge in [-0.3, -0.25) is 9.23 Å². The monoisotopic (exact) mass is 841 g/mol. The summed E-state index contributed by atoms with van der Waals surface area (Å²) in [6.45, 7) is 11.3. The van der Waals surface area contributed by atoms with Gasteiger partial charge in [-0.05, 0) is 106 Å². The van der Waals surface area contributed by atoms with Gasteiger partial charge in [-0.15, -0.1) is 10.2 Å². The quantitative estimate of drug-likeness (QED) is 0.0652. The van der Waals surface area contributed by atoms with Gasteiger partial charge in [0.25, 0.3) is 10.1 Å². The van der Waals surface area contributed by atoms with E-state index < -0.39 is 16.1 Å². The number of benzene rings is 1. The van der Waals surface area contributed by atoms with E-state index in [2.05, 4.69) is 39.4 Å². The first-order valence-electron chi connectivity index (χ1n) is 20.4. The molecule has 4 N–H and O–H groups in total. The SMILES string of the molecule is Cc1c(Nc2nc3ccccc3s2)nnc2c1CCCN2c1ccc(-c2cnn(CC34CC5(C)CC(C)(C3)CC(OCCNCCS(=O)(=O)O)(C5)C4)c2C)c(C(=O)O)n1. The van der Waals surface area contributed by atoms with Gasteiger partial charge < -0.3 is 25.4 Å². The van der Waals surface area contributed by atoms with Crippen LogP contribution >= 0.6 is 11.3 Å². The van der Waals surface area contributed by atoms with Crippen LogP contribution in [0.15, 0.2) is 42.6 Å². The summed E-state index contributed by atoms with van der Waals surface area (Å²) < 4.78 is 41.2. The minimum atomic E-state index is -4.01. The van der Waals surface area contributed by atoms with Gasteiger partial charge in [-0.1, -0.05) is 37.3 Å². The molecule has 15 nitrogen and oxygen atoms in total. The number of hydrogen-bond acceptors (Lipinski definition) is 13. The maximum Gasteiger partial charge on any atom is 0.355 e.